The molecular weight excluding hydrogens is 646 g/mol. The van der Waals surface area contributed by atoms with E-state index in [2.05, 4.69) is 21.3 Å². The number of imide groups is 1. The van der Waals surface area contributed by atoms with Crippen molar-refractivity contribution in [1.29, 1.82) is 0 Å². The Bertz CT molecular complexity index is 1360. The van der Waals surface area contributed by atoms with E-state index in [-0.39, 0.29) is 50.3 Å². The molecule has 0 spiro atoms. The zero-order chi connectivity index (χ0) is 36.3. The molecule has 1 heterocycles. The smallest absolute Gasteiger partial charge is 0.306 e. The van der Waals surface area contributed by atoms with Crippen molar-refractivity contribution < 1.29 is 57.7 Å². The van der Waals surface area contributed by atoms with Crippen LogP contribution < -0.4 is 21.3 Å². The van der Waals surface area contributed by atoms with Crippen LogP contribution in [0.2, 0.25) is 0 Å². The molecule has 49 heavy (non-hydrogen) atoms. The fourth-order valence-corrected chi connectivity index (χ4v) is 4.26. The van der Waals surface area contributed by atoms with Gasteiger partial charge in [0, 0.05) is 37.9 Å². The van der Waals surface area contributed by atoms with Gasteiger partial charge in [0.25, 0.3) is 11.8 Å². The maximum atomic E-state index is 12.9. The molecule has 5 N–H and O–H groups in total. The van der Waals surface area contributed by atoms with Crippen molar-refractivity contribution in [2.45, 2.75) is 70.7 Å². The molecule has 3 atom stereocenters. The standard InChI is InChI=1S/C32H43N5O12/c1-20(33-25(38)19-48-16-15-47-3)30(44)34-21(2)31(45)36-24(17-28(41)42)32(46)35-23-10-8-22(9-11-23)18-49-29(43)7-5-4-6-14-37-26(39)12-13-27(37)40/h8-13,20-21,24H,4-7,14-19H2,1-3H3,(H,33,38)(H,34,44)(H,35,46)(H,36,45)(H,41,42). The van der Waals surface area contributed by atoms with Gasteiger partial charge in [-0.15, -0.1) is 0 Å². The molecule has 0 fully saturated rings. The molecule has 0 bridgehead atoms. The Morgan fingerprint density at radius 1 is 0.816 bits per heavy atom. The van der Waals surface area contributed by atoms with E-state index in [1.54, 1.807) is 12.1 Å². The molecule has 2 rings (SSSR count). The Balaban J connectivity index is 1.77. The molecule has 17 nitrogen and oxygen atoms in total. The minimum absolute atomic E-state index is 0.0265. The topological polar surface area (TPSA) is 236 Å². The number of benzene rings is 1. The first-order chi connectivity index (χ1) is 23.3. The molecule has 1 aromatic carbocycles. The van der Waals surface area contributed by atoms with Crippen LogP contribution in [0.25, 0.3) is 0 Å². The van der Waals surface area contributed by atoms with Gasteiger partial charge in [0.15, 0.2) is 0 Å². The van der Waals surface area contributed by atoms with Gasteiger partial charge in [-0.3, -0.25) is 43.3 Å². The predicted octanol–water partition coefficient (Wildman–Crippen LogP) is -0.214. The highest BCUT2D eigenvalue weighted by molar-refractivity contribution is 6.12. The number of hydrogen-bond donors (Lipinski definition) is 5. The number of unbranched alkanes of at least 4 members (excludes halogenated alkanes) is 2. The third-order valence-electron chi connectivity index (χ3n) is 6.98. The first kappa shape index (κ1) is 40.0. The minimum Gasteiger partial charge on any atom is -0.481 e. The van der Waals surface area contributed by atoms with Crippen LogP contribution in [-0.4, -0.2) is 109 Å². The predicted molar refractivity (Wildman–Crippen MR) is 171 cm³/mol. The SMILES string of the molecule is COCCOCC(=O)NC(C)C(=O)NC(C)C(=O)NC(CC(=O)O)C(=O)Nc1ccc(COC(=O)CCCCCN2C(=O)C=CC2=O)cc1. The van der Waals surface area contributed by atoms with Gasteiger partial charge in [-0.1, -0.05) is 18.6 Å². The Kier molecular flexibility index (Phi) is 17.1. The Hall–Kier alpha value is -5.16. The summed E-state index contributed by atoms with van der Waals surface area (Å²) < 4.78 is 15.2. The minimum atomic E-state index is -1.49. The van der Waals surface area contributed by atoms with Crippen molar-refractivity contribution in [3.05, 3.63) is 42.0 Å². The van der Waals surface area contributed by atoms with Crippen LogP contribution in [0.5, 0.6) is 0 Å². The van der Waals surface area contributed by atoms with Gasteiger partial charge in [0.05, 0.1) is 19.6 Å². The fraction of sp³-hybridized carbons (Fsp3) is 0.500. The summed E-state index contributed by atoms with van der Waals surface area (Å²) in [7, 11) is 1.48. The molecule has 0 aromatic heterocycles. The molecule has 0 aliphatic carbocycles. The Morgan fingerprint density at radius 3 is 2.08 bits per heavy atom. The number of ether oxygens (including phenoxy) is 3. The lowest BCUT2D eigenvalue weighted by molar-refractivity contribution is -0.145. The average molecular weight is 690 g/mol. The van der Waals surface area contributed by atoms with Crippen molar-refractivity contribution in [2.75, 3.05) is 38.8 Å². The van der Waals surface area contributed by atoms with Crippen molar-refractivity contribution >= 4 is 53.1 Å². The van der Waals surface area contributed by atoms with Gasteiger partial charge >= 0.3 is 11.9 Å². The van der Waals surface area contributed by atoms with Crippen molar-refractivity contribution in [1.82, 2.24) is 20.9 Å². The lowest BCUT2D eigenvalue weighted by atomic mass is 10.1. The third-order valence-corrected chi connectivity index (χ3v) is 6.98. The molecule has 0 saturated carbocycles. The van der Waals surface area contributed by atoms with Gasteiger partial charge in [0.1, 0.15) is 31.3 Å². The lowest BCUT2D eigenvalue weighted by Crippen LogP contribution is -2.55. The zero-order valence-electron chi connectivity index (χ0n) is 27.7. The Morgan fingerprint density at radius 2 is 1.45 bits per heavy atom. The maximum absolute atomic E-state index is 12.9. The van der Waals surface area contributed by atoms with E-state index in [0.717, 1.165) is 4.90 Å². The maximum Gasteiger partial charge on any atom is 0.306 e. The number of hydrogen-bond acceptors (Lipinski definition) is 11. The molecule has 3 unspecified atom stereocenters. The number of carbonyl (C=O) groups excluding carboxylic acids is 7. The second-order valence-corrected chi connectivity index (χ2v) is 11.0. The van der Waals surface area contributed by atoms with E-state index in [9.17, 15) is 43.5 Å². The average Bonchev–Trinajstić information content (AvgIpc) is 3.37. The highest BCUT2D eigenvalue weighted by Gasteiger charge is 2.28. The largest absolute Gasteiger partial charge is 0.481 e. The highest BCUT2D eigenvalue weighted by Crippen LogP contribution is 2.13. The summed E-state index contributed by atoms with van der Waals surface area (Å²) in [5, 5.41) is 19.0. The molecule has 1 aliphatic rings. The second kappa shape index (κ2) is 20.9. The van der Waals surface area contributed by atoms with Crippen LogP contribution in [0.1, 0.15) is 51.5 Å². The third kappa shape index (κ3) is 15.1. The summed E-state index contributed by atoms with van der Waals surface area (Å²) in [5.74, 6) is -5.36. The molecule has 0 saturated heterocycles. The fourth-order valence-electron chi connectivity index (χ4n) is 4.26. The number of methoxy groups -OCH3 is 1. The summed E-state index contributed by atoms with van der Waals surface area (Å²) >= 11 is 0. The number of nitrogens with zero attached hydrogens (tertiary/aromatic N) is 1. The number of anilines is 1. The van der Waals surface area contributed by atoms with Crippen LogP contribution in [-0.2, 0) is 59.2 Å². The number of carboxylic acid groups (broad SMARTS) is 1. The number of amides is 6. The number of carbonyl (C=O) groups is 8. The van der Waals surface area contributed by atoms with Gasteiger partial charge in [-0.2, -0.15) is 0 Å². The molecular formula is C32H43N5O12. The van der Waals surface area contributed by atoms with Crippen molar-refractivity contribution in [2.24, 2.45) is 0 Å². The number of esters is 1. The zero-order valence-corrected chi connectivity index (χ0v) is 27.7. The Labute approximate surface area is 283 Å². The molecule has 268 valence electrons. The van der Waals surface area contributed by atoms with E-state index in [4.69, 9.17) is 14.2 Å². The second-order valence-electron chi connectivity index (χ2n) is 11.0. The summed E-state index contributed by atoms with van der Waals surface area (Å²) in [4.78, 5) is 97.7. The van der Waals surface area contributed by atoms with Crippen molar-refractivity contribution in [3.8, 4) is 0 Å². The molecule has 1 aliphatic heterocycles. The van der Waals surface area contributed by atoms with Crippen LogP contribution in [0.3, 0.4) is 0 Å². The van der Waals surface area contributed by atoms with E-state index in [1.165, 1.54) is 45.2 Å². The quantitative estimate of drug-likeness (QED) is 0.0604. The van der Waals surface area contributed by atoms with Gasteiger partial charge in [-0.25, -0.2) is 0 Å². The normalized spacial score (nSPS) is 14.1. The highest BCUT2D eigenvalue weighted by atomic mass is 16.5. The van der Waals surface area contributed by atoms with Crippen LogP contribution in [0.15, 0.2) is 36.4 Å². The van der Waals surface area contributed by atoms with E-state index < -0.39 is 60.1 Å². The number of nitrogens with one attached hydrogen (secondary N) is 4. The van der Waals surface area contributed by atoms with E-state index in [0.29, 0.717) is 31.4 Å². The molecule has 0 radical (unpaired) electrons. The first-order valence-electron chi connectivity index (χ1n) is 15.6. The first-order valence-corrected chi connectivity index (χ1v) is 15.6. The van der Waals surface area contributed by atoms with Gasteiger partial charge < -0.3 is 40.6 Å². The molecule has 1 aromatic rings. The lowest BCUT2D eigenvalue weighted by Gasteiger charge is -2.21. The molecule has 17 heteroatoms. The molecule has 6 amide bonds. The van der Waals surface area contributed by atoms with Gasteiger partial charge in [0.2, 0.25) is 23.6 Å². The van der Waals surface area contributed by atoms with Crippen LogP contribution >= 0.6 is 0 Å². The van der Waals surface area contributed by atoms with Crippen molar-refractivity contribution in [3.63, 3.8) is 0 Å². The summed E-state index contributed by atoms with van der Waals surface area (Å²) in [6.45, 7) is 3.18. The summed E-state index contributed by atoms with van der Waals surface area (Å²) in [6.07, 6.45) is 3.58. The van der Waals surface area contributed by atoms with E-state index >= 15 is 0 Å². The number of carboxylic acids is 1. The summed E-state index contributed by atoms with van der Waals surface area (Å²) in [5.41, 5.74) is 0.904. The van der Waals surface area contributed by atoms with Crippen LogP contribution in [0.4, 0.5) is 5.69 Å². The van der Waals surface area contributed by atoms with Crippen LogP contribution in [0, 0.1) is 0 Å². The number of aliphatic carboxylic acids is 1. The monoisotopic (exact) mass is 689 g/mol. The van der Waals surface area contributed by atoms with Gasteiger partial charge in [-0.05, 0) is 44.4 Å². The van der Waals surface area contributed by atoms with E-state index in [1.807, 2.05) is 0 Å². The number of rotatable bonds is 22. The summed E-state index contributed by atoms with van der Waals surface area (Å²) in [6, 6.07) is 2.52.